The summed E-state index contributed by atoms with van der Waals surface area (Å²) in [4.78, 5) is 18.3. The van der Waals surface area contributed by atoms with Crippen LogP contribution in [0.2, 0.25) is 0 Å². The summed E-state index contributed by atoms with van der Waals surface area (Å²) in [6.07, 6.45) is 2.40. The first-order valence-electron chi connectivity index (χ1n) is 12.0. The standard InChI is InChI=1S/C28H25Br2N3O5/c1-4-16(2)27-32-22-7-6-19(29)11-21(22)28(34)33(27)31-13-18-10-20(30)12-25(35-3)26(18)36-14-17-5-8-23-24(9-17)38-15-37-23/h5-13,16H,4,14-15H2,1-3H3/t16-/m1/s1. The number of nitrogens with zero attached hydrogens (tertiary/aromatic N) is 3. The SMILES string of the molecule is CC[C@@H](C)c1nc2ccc(Br)cc2c(=O)n1N=Cc1cc(Br)cc(OC)c1OCc1ccc2c(c1)OCO2. The van der Waals surface area contributed by atoms with Gasteiger partial charge in [0.1, 0.15) is 12.4 Å². The van der Waals surface area contributed by atoms with E-state index in [1.165, 1.54) is 4.68 Å². The van der Waals surface area contributed by atoms with Crippen LogP contribution in [0.1, 0.15) is 43.1 Å². The molecule has 1 aliphatic heterocycles. The Morgan fingerprint density at radius 1 is 1.11 bits per heavy atom. The molecule has 1 atom stereocenters. The van der Waals surface area contributed by atoms with Crippen molar-refractivity contribution in [2.24, 2.45) is 5.10 Å². The minimum absolute atomic E-state index is 0.0201. The maximum Gasteiger partial charge on any atom is 0.282 e. The van der Waals surface area contributed by atoms with E-state index in [1.54, 1.807) is 19.4 Å². The summed E-state index contributed by atoms with van der Waals surface area (Å²) >= 11 is 6.98. The summed E-state index contributed by atoms with van der Waals surface area (Å²) in [6.45, 7) is 4.55. The summed E-state index contributed by atoms with van der Waals surface area (Å²) in [5.41, 5.74) is 1.93. The predicted molar refractivity (Wildman–Crippen MR) is 153 cm³/mol. The third-order valence-electron chi connectivity index (χ3n) is 6.29. The lowest BCUT2D eigenvalue weighted by Gasteiger charge is -2.16. The third kappa shape index (κ3) is 5.28. The first-order chi connectivity index (χ1) is 18.4. The van der Waals surface area contributed by atoms with Crippen molar-refractivity contribution < 1.29 is 18.9 Å². The van der Waals surface area contributed by atoms with Crippen LogP contribution < -0.4 is 24.5 Å². The molecule has 0 saturated carbocycles. The smallest absolute Gasteiger partial charge is 0.282 e. The Balaban J connectivity index is 1.55. The Hall–Kier alpha value is -3.37. The van der Waals surface area contributed by atoms with Gasteiger partial charge in [0.15, 0.2) is 23.0 Å². The lowest BCUT2D eigenvalue weighted by Crippen LogP contribution is -2.23. The maximum atomic E-state index is 13.5. The van der Waals surface area contributed by atoms with Crippen molar-refractivity contribution in [2.75, 3.05) is 13.9 Å². The summed E-state index contributed by atoms with van der Waals surface area (Å²) in [5, 5.41) is 5.09. The van der Waals surface area contributed by atoms with Gasteiger partial charge >= 0.3 is 0 Å². The highest BCUT2D eigenvalue weighted by atomic mass is 79.9. The number of hydrogen-bond donors (Lipinski definition) is 0. The molecule has 38 heavy (non-hydrogen) atoms. The average molecular weight is 643 g/mol. The van der Waals surface area contributed by atoms with E-state index >= 15 is 0 Å². The maximum absolute atomic E-state index is 13.5. The molecule has 1 aliphatic rings. The van der Waals surface area contributed by atoms with Gasteiger partial charge in [-0.05, 0) is 54.4 Å². The summed E-state index contributed by atoms with van der Waals surface area (Å²) in [5.74, 6) is 3.02. The van der Waals surface area contributed by atoms with E-state index in [0.717, 1.165) is 20.9 Å². The lowest BCUT2D eigenvalue weighted by atomic mass is 10.1. The number of aromatic nitrogens is 2. The third-order valence-corrected chi connectivity index (χ3v) is 7.24. The molecule has 0 radical (unpaired) electrons. The quantitative estimate of drug-likeness (QED) is 0.201. The molecule has 10 heteroatoms. The van der Waals surface area contributed by atoms with E-state index in [1.807, 2.05) is 49.4 Å². The summed E-state index contributed by atoms with van der Waals surface area (Å²) in [7, 11) is 1.58. The number of methoxy groups -OCH3 is 1. The fraction of sp³-hybridized carbons (Fsp3) is 0.250. The first kappa shape index (κ1) is 26.2. The van der Waals surface area contributed by atoms with E-state index in [-0.39, 0.29) is 24.9 Å². The number of rotatable bonds is 8. The van der Waals surface area contributed by atoms with E-state index in [0.29, 0.717) is 45.3 Å². The number of benzene rings is 3. The van der Waals surface area contributed by atoms with Gasteiger partial charge in [-0.15, -0.1) is 0 Å². The molecule has 196 valence electrons. The Morgan fingerprint density at radius 2 is 1.92 bits per heavy atom. The van der Waals surface area contributed by atoms with Gasteiger partial charge in [0.25, 0.3) is 5.56 Å². The van der Waals surface area contributed by atoms with Crippen LogP contribution >= 0.6 is 31.9 Å². The Bertz CT molecular complexity index is 1600. The molecule has 8 nitrogen and oxygen atoms in total. The number of hydrogen-bond acceptors (Lipinski definition) is 7. The van der Waals surface area contributed by atoms with E-state index in [9.17, 15) is 4.79 Å². The molecule has 0 bridgehead atoms. The van der Waals surface area contributed by atoms with Crippen molar-refractivity contribution >= 4 is 49.0 Å². The second-order valence-corrected chi connectivity index (χ2v) is 10.6. The van der Waals surface area contributed by atoms with Gasteiger partial charge in [-0.2, -0.15) is 9.78 Å². The lowest BCUT2D eigenvalue weighted by molar-refractivity contribution is 0.174. The zero-order chi connectivity index (χ0) is 26.8. The Kier molecular flexibility index (Phi) is 7.71. The van der Waals surface area contributed by atoms with Gasteiger partial charge < -0.3 is 18.9 Å². The second-order valence-electron chi connectivity index (χ2n) is 8.80. The molecule has 0 spiro atoms. The second kappa shape index (κ2) is 11.2. The van der Waals surface area contributed by atoms with Gasteiger partial charge in [0.2, 0.25) is 6.79 Å². The average Bonchev–Trinajstić information content (AvgIpc) is 3.39. The van der Waals surface area contributed by atoms with Crippen LogP contribution in [0.15, 0.2) is 67.4 Å². The van der Waals surface area contributed by atoms with Crippen LogP contribution in [0.3, 0.4) is 0 Å². The van der Waals surface area contributed by atoms with Crippen molar-refractivity contribution in [2.45, 2.75) is 32.8 Å². The molecule has 2 heterocycles. The van der Waals surface area contributed by atoms with Crippen molar-refractivity contribution in [1.82, 2.24) is 9.66 Å². The normalized spacial score (nSPS) is 13.3. The zero-order valence-corrected chi connectivity index (χ0v) is 24.2. The van der Waals surface area contributed by atoms with E-state index in [2.05, 4.69) is 43.9 Å². The predicted octanol–water partition coefficient (Wildman–Crippen LogP) is 6.63. The minimum Gasteiger partial charge on any atom is -0.493 e. The van der Waals surface area contributed by atoms with Crippen molar-refractivity contribution in [3.05, 3.63) is 84.8 Å². The zero-order valence-electron chi connectivity index (χ0n) is 21.0. The molecule has 0 N–H and O–H groups in total. The van der Waals surface area contributed by atoms with Crippen molar-refractivity contribution in [3.63, 3.8) is 0 Å². The highest BCUT2D eigenvalue weighted by molar-refractivity contribution is 9.10. The topological polar surface area (TPSA) is 84.2 Å². The highest BCUT2D eigenvalue weighted by Gasteiger charge is 2.18. The van der Waals surface area contributed by atoms with Gasteiger partial charge in [0.05, 0.1) is 24.2 Å². The number of ether oxygens (including phenoxy) is 4. The largest absolute Gasteiger partial charge is 0.493 e. The molecule has 0 fully saturated rings. The minimum atomic E-state index is -0.243. The summed E-state index contributed by atoms with van der Waals surface area (Å²) in [6, 6.07) is 14.8. The molecule has 0 saturated heterocycles. The van der Waals surface area contributed by atoms with Crippen LogP contribution in [-0.4, -0.2) is 29.8 Å². The van der Waals surface area contributed by atoms with Gasteiger partial charge in [-0.25, -0.2) is 4.98 Å². The fourth-order valence-electron chi connectivity index (χ4n) is 4.08. The van der Waals surface area contributed by atoms with E-state index in [4.69, 9.17) is 23.9 Å². The highest BCUT2D eigenvalue weighted by Crippen LogP contribution is 2.36. The Morgan fingerprint density at radius 3 is 2.71 bits per heavy atom. The van der Waals surface area contributed by atoms with Crippen molar-refractivity contribution in [1.29, 1.82) is 0 Å². The van der Waals surface area contributed by atoms with E-state index < -0.39 is 0 Å². The fourth-order valence-corrected chi connectivity index (χ4v) is 4.89. The monoisotopic (exact) mass is 641 g/mol. The molecule has 5 rings (SSSR count). The molecule has 4 aromatic rings. The molecule has 0 unspecified atom stereocenters. The molecular weight excluding hydrogens is 618 g/mol. The number of fused-ring (bicyclic) bond motifs is 2. The molecule has 1 aromatic heterocycles. The van der Waals surface area contributed by atoms with Crippen LogP contribution in [0.4, 0.5) is 0 Å². The van der Waals surface area contributed by atoms with Crippen LogP contribution in [0, 0.1) is 0 Å². The van der Waals surface area contributed by atoms with Gasteiger partial charge in [-0.1, -0.05) is 51.8 Å². The first-order valence-corrected chi connectivity index (χ1v) is 13.6. The van der Waals surface area contributed by atoms with Crippen LogP contribution in [-0.2, 0) is 6.61 Å². The number of halogens is 2. The van der Waals surface area contributed by atoms with Crippen LogP contribution in [0.25, 0.3) is 10.9 Å². The summed E-state index contributed by atoms with van der Waals surface area (Å²) < 4.78 is 25.7. The molecular formula is C28H25Br2N3O5. The molecule has 0 amide bonds. The Labute approximate surface area is 236 Å². The molecule has 0 aliphatic carbocycles. The molecule has 3 aromatic carbocycles. The van der Waals surface area contributed by atoms with Crippen molar-refractivity contribution in [3.8, 4) is 23.0 Å². The van der Waals surface area contributed by atoms with Gasteiger partial charge in [0, 0.05) is 20.4 Å². The van der Waals surface area contributed by atoms with Gasteiger partial charge in [-0.3, -0.25) is 4.79 Å². The van der Waals surface area contributed by atoms with Crippen LogP contribution in [0.5, 0.6) is 23.0 Å².